The van der Waals surface area contributed by atoms with E-state index in [9.17, 15) is 21.6 Å². The Morgan fingerprint density at radius 2 is 1.65 bits per heavy atom. The van der Waals surface area contributed by atoms with Gasteiger partial charge in [0.1, 0.15) is 0 Å². The highest BCUT2D eigenvalue weighted by molar-refractivity contribution is 7.90. The van der Waals surface area contributed by atoms with Crippen molar-refractivity contribution in [3.8, 4) is 0 Å². The number of halogens is 3. The van der Waals surface area contributed by atoms with Gasteiger partial charge in [0, 0.05) is 0 Å². The maximum absolute atomic E-state index is 12.3. The van der Waals surface area contributed by atoms with Crippen LogP contribution in [0.25, 0.3) is 0 Å². The molecule has 0 fully saturated rings. The van der Waals surface area contributed by atoms with Crippen LogP contribution in [0.5, 0.6) is 0 Å². The van der Waals surface area contributed by atoms with Crippen LogP contribution in [0.1, 0.15) is 24.5 Å². The highest BCUT2D eigenvalue weighted by Crippen LogP contribution is 2.29. The summed E-state index contributed by atoms with van der Waals surface area (Å²) in [7, 11) is -3.21. The van der Waals surface area contributed by atoms with Crippen molar-refractivity contribution in [2.45, 2.75) is 25.3 Å². The molecule has 2 nitrogen and oxygen atoms in total. The van der Waals surface area contributed by atoms with Gasteiger partial charge < -0.3 is 0 Å². The van der Waals surface area contributed by atoms with Gasteiger partial charge in [0.2, 0.25) is 0 Å². The molecule has 0 atom stereocenters. The molecule has 0 N–H and O–H groups in total. The minimum Gasteiger partial charge on any atom is -0.228 e. The number of hydrogen-bond acceptors (Lipinski definition) is 2. The van der Waals surface area contributed by atoms with Crippen LogP contribution in [-0.4, -0.2) is 14.2 Å². The van der Waals surface area contributed by atoms with E-state index in [-0.39, 0.29) is 11.5 Å². The summed E-state index contributed by atoms with van der Waals surface area (Å²) >= 11 is 0. The van der Waals surface area contributed by atoms with E-state index in [1.165, 1.54) is 12.1 Å². The first kappa shape index (κ1) is 14.0. The Morgan fingerprint density at radius 1 is 1.12 bits per heavy atom. The quantitative estimate of drug-likeness (QED) is 0.839. The van der Waals surface area contributed by atoms with Crippen molar-refractivity contribution in [3.05, 3.63) is 35.4 Å². The second-order valence-electron chi connectivity index (χ2n) is 3.79. The topological polar surface area (TPSA) is 34.1 Å². The molecule has 0 amide bonds. The van der Waals surface area contributed by atoms with Crippen LogP contribution in [0.3, 0.4) is 0 Å². The fourth-order valence-corrected chi connectivity index (χ4v) is 2.89. The molecule has 0 aliphatic carbocycles. The van der Waals surface area contributed by atoms with Crippen molar-refractivity contribution in [2.24, 2.45) is 0 Å². The smallest absolute Gasteiger partial charge is 0.228 e. The summed E-state index contributed by atoms with van der Waals surface area (Å²) in [5.74, 6) is -0.160. The lowest BCUT2D eigenvalue weighted by atomic mass is 10.1. The summed E-state index contributed by atoms with van der Waals surface area (Å²) in [5.41, 5.74) is -0.388. The molecule has 0 saturated heterocycles. The van der Waals surface area contributed by atoms with E-state index in [1.54, 1.807) is 6.92 Å². The molecule has 0 aliphatic rings. The minimum absolute atomic E-state index is 0.0496. The number of hydrogen-bond donors (Lipinski definition) is 0. The van der Waals surface area contributed by atoms with E-state index >= 15 is 0 Å². The van der Waals surface area contributed by atoms with Gasteiger partial charge in [-0.3, -0.25) is 0 Å². The Hall–Kier alpha value is -1.04. The molecule has 0 aliphatic heterocycles. The van der Waals surface area contributed by atoms with E-state index in [4.69, 9.17) is 0 Å². The highest BCUT2D eigenvalue weighted by Gasteiger charge is 2.30. The summed E-state index contributed by atoms with van der Waals surface area (Å²) in [4.78, 5) is 0. The zero-order chi connectivity index (χ0) is 13.1. The average Bonchev–Trinajstić information content (AvgIpc) is 2.16. The van der Waals surface area contributed by atoms with Crippen molar-refractivity contribution >= 4 is 9.84 Å². The van der Waals surface area contributed by atoms with Crippen LogP contribution < -0.4 is 0 Å². The second kappa shape index (κ2) is 5.08. The maximum atomic E-state index is 12.3. The Morgan fingerprint density at radius 3 is 2.06 bits per heavy atom. The van der Waals surface area contributed by atoms with Crippen LogP contribution in [0.2, 0.25) is 0 Å². The van der Waals surface area contributed by atoms with Gasteiger partial charge in [-0.15, -0.1) is 0 Å². The summed E-state index contributed by atoms with van der Waals surface area (Å²) in [5, 5.41) is 0. The van der Waals surface area contributed by atoms with Gasteiger partial charge >= 0.3 is 6.18 Å². The number of benzene rings is 1. The van der Waals surface area contributed by atoms with E-state index < -0.39 is 21.6 Å². The fraction of sp³-hybridized carbons (Fsp3) is 0.455. The molecular weight excluding hydrogens is 253 g/mol. The second-order valence-corrected chi connectivity index (χ2v) is 5.97. The third kappa shape index (κ3) is 4.38. The lowest BCUT2D eigenvalue weighted by molar-refractivity contribution is -0.137. The first-order valence-corrected chi connectivity index (χ1v) is 6.93. The first-order chi connectivity index (χ1) is 7.74. The predicted octanol–water partition coefficient (Wildman–Crippen LogP) is 3.03. The minimum atomic E-state index is -4.39. The number of rotatable bonds is 4. The van der Waals surface area contributed by atoms with Crippen LogP contribution in [-0.2, 0) is 21.8 Å². The average molecular weight is 266 g/mol. The van der Waals surface area contributed by atoms with Gasteiger partial charge in [-0.25, -0.2) is 8.42 Å². The molecular formula is C11H13F3O2S. The lowest BCUT2D eigenvalue weighted by Gasteiger charge is -2.07. The van der Waals surface area contributed by atoms with Gasteiger partial charge in [-0.2, -0.15) is 13.2 Å². The monoisotopic (exact) mass is 266 g/mol. The van der Waals surface area contributed by atoms with Crippen molar-refractivity contribution < 1.29 is 21.6 Å². The molecule has 6 heteroatoms. The Kier molecular flexibility index (Phi) is 4.19. The molecule has 0 radical (unpaired) electrons. The molecule has 0 bridgehead atoms. The predicted molar refractivity (Wildman–Crippen MR) is 59.2 cm³/mol. The van der Waals surface area contributed by atoms with Gasteiger partial charge in [0.15, 0.2) is 9.84 Å². The molecule has 0 saturated carbocycles. The molecule has 0 spiro atoms. The molecule has 0 unspecified atom stereocenters. The van der Waals surface area contributed by atoms with Gasteiger partial charge in [0.05, 0.1) is 17.1 Å². The van der Waals surface area contributed by atoms with E-state index in [0.717, 1.165) is 12.1 Å². The fourth-order valence-electron chi connectivity index (χ4n) is 1.43. The molecule has 0 aromatic heterocycles. The Labute approximate surface area is 98.4 Å². The molecule has 96 valence electrons. The van der Waals surface area contributed by atoms with Crippen molar-refractivity contribution in [1.82, 2.24) is 0 Å². The normalized spacial score (nSPS) is 12.7. The van der Waals surface area contributed by atoms with E-state index in [2.05, 4.69) is 0 Å². The number of alkyl halides is 3. The largest absolute Gasteiger partial charge is 0.416 e. The van der Waals surface area contributed by atoms with Crippen molar-refractivity contribution in [3.63, 3.8) is 0 Å². The zero-order valence-corrected chi connectivity index (χ0v) is 10.1. The van der Waals surface area contributed by atoms with E-state index in [1.807, 2.05) is 0 Å². The van der Waals surface area contributed by atoms with Crippen LogP contribution in [0.15, 0.2) is 24.3 Å². The summed E-state index contributed by atoms with van der Waals surface area (Å²) < 4.78 is 59.7. The lowest BCUT2D eigenvalue weighted by Crippen LogP contribution is -2.09. The first-order valence-electron chi connectivity index (χ1n) is 5.11. The van der Waals surface area contributed by atoms with Gasteiger partial charge in [-0.05, 0) is 24.1 Å². The summed E-state index contributed by atoms with van der Waals surface area (Å²) in [6.45, 7) is 1.74. The highest BCUT2D eigenvalue weighted by atomic mass is 32.2. The molecule has 0 heterocycles. The van der Waals surface area contributed by atoms with Gasteiger partial charge in [0.25, 0.3) is 0 Å². The molecule has 1 aromatic rings. The van der Waals surface area contributed by atoms with E-state index in [0.29, 0.717) is 12.0 Å². The standard InChI is InChI=1S/C11H13F3O2S/c1-2-7-17(15,16)8-9-3-5-10(6-4-9)11(12,13)14/h3-6H,2,7-8H2,1H3. The molecule has 17 heavy (non-hydrogen) atoms. The third-order valence-corrected chi connectivity index (χ3v) is 3.99. The third-order valence-electron chi connectivity index (χ3n) is 2.18. The van der Waals surface area contributed by atoms with Crippen LogP contribution in [0, 0.1) is 0 Å². The van der Waals surface area contributed by atoms with Crippen molar-refractivity contribution in [1.29, 1.82) is 0 Å². The molecule has 1 aromatic carbocycles. The molecule has 1 rings (SSSR count). The zero-order valence-electron chi connectivity index (χ0n) is 9.29. The Bertz CT molecular complexity index is 460. The number of sulfone groups is 1. The van der Waals surface area contributed by atoms with Crippen LogP contribution >= 0.6 is 0 Å². The van der Waals surface area contributed by atoms with Crippen LogP contribution in [0.4, 0.5) is 13.2 Å². The Balaban J connectivity index is 2.83. The summed E-state index contributed by atoms with van der Waals surface area (Å²) in [6.07, 6.45) is -3.89. The van der Waals surface area contributed by atoms with Gasteiger partial charge in [-0.1, -0.05) is 19.1 Å². The maximum Gasteiger partial charge on any atom is 0.416 e. The summed E-state index contributed by atoms with van der Waals surface area (Å²) in [6, 6.07) is 4.21. The van der Waals surface area contributed by atoms with Crippen molar-refractivity contribution in [2.75, 3.05) is 5.75 Å². The SMILES string of the molecule is CCCS(=O)(=O)Cc1ccc(C(F)(F)F)cc1.